The number of nitrogens with zero attached hydrogens (tertiary/aromatic N) is 3. The molecule has 1 N–H and O–H groups in total. The third-order valence-electron chi connectivity index (χ3n) is 5.95. The molecule has 1 aromatic heterocycles. The predicted molar refractivity (Wildman–Crippen MR) is 170 cm³/mol. The van der Waals surface area contributed by atoms with Gasteiger partial charge in [-0.1, -0.05) is 68.4 Å². The summed E-state index contributed by atoms with van der Waals surface area (Å²) in [5.41, 5.74) is 5.34. The van der Waals surface area contributed by atoms with E-state index in [0.717, 1.165) is 74.6 Å². The van der Waals surface area contributed by atoms with E-state index in [1.165, 1.54) is 17.7 Å². The zero-order valence-corrected chi connectivity index (χ0v) is 27.5. The first-order valence-corrected chi connectivity index (χ1v) is 15.2. The highest BCUT2D eigenvalue weighted by Crippen LogP contribution is 2.25. The van der Waals surface area contributed by atoms with E-state index in [1.807, 2.05) is 11.8 Å². The molecule has 1 amide bonds. The first-order chi connectivity index (χ1) is 18.3. The van der Waals surface area contributed by atoms with Crippen molar-refractivity contribution >= 4 is 11.5 Å². The minimum absolute atomic E-state index is 0.157. The fourth-order valence-electron chi connectivity index (χ4n) is 3.94. The van der Waals surface area contributed by atoms with Gasteiger partial charge in [0.15, 0.2) is 0 Å². The van der Waals surface area contributed by atoms with Gasteiger partial charge in [0.2, 0.25) is 5.91 Å². The first kappa shape index (κ1) is 36.7. The highest BCUT2D eigenvalue weighted by molar-refractivity contribution is 5.94. The number of likely N-dealkylation sites (N-methyl/N-ethyl adjacent to an activating group) is 1. The van der Waals surface area contributed by atoms with E-state index in [1.54, 1.807) is 0 Å². The van der Waals surface area contributed by atoms with E-state index in [0.29, 0.717) is 11.8 Å². The molecule has 2 rings (SSSR count). The molecule has 0 bridgehead atoms. The van der Waals surface area contributed by atoms with Gasteiger partial charge in [0.25, 0.3) is 0 Å². The number of rotatable bonds is 8. The lowest BCUT2D eigenvalue weighted by Gasteiger charge is -2.32. The maximum atomic E-state index is 12.9. The second kappa shape index (κ2) is 20.6. The van der Waals surface area contributed by atoms with Crippen LogP contribution in [0.3, 0.4) is 0 Å². The summed E-state index contributed by atoms with van der Waals surface area (Å²) in [5, 5.41) is 7.71. The Hall–Kier alpha value is -2.32. The largest absolute Gasteiger partial charge is 0.336 e. The van der Waals surface area contributed by atoms with Gasteiger partial charge < -0.3 is 9.80 Å². The lowest BCUT2D eigenvalue weighted by atomic mass is 9.95. The summed E-state index contributed by atoms with van der Waals surface area (Å²) in [6.45, 7) is 27.1. The predicted octanol–water partition coefficient (Wildman–Crippen LogP) is 8.01. The second-order valence-electron chi connectivity index (χ2n) is 12.2. The van der Waals surface area contributed by atoms with E-state index < -0.39 is 0 Å². The van der Waals surface area contributed by atoms with Gasteiger partial charge in [-0.05, 0) is 75.1 Å². The number of aromatic amines is 1. The van der Waals surface area contributed by atoms with Crippen LogP contribution in [0.25, 0.3) is 5.57 Å². The summed E-state index contributed by atoms with van der Waals surface area (Å²) < 4.78 is 0. The third kappa shape index (κ3) is 17.1. The van der Waals surface area contributed by atoms with E-state index in [9.17, 15) is 4.79 Å². The minimum Gasteiger partial charge on any atom is -0.336 e. The van der Waals surface area contributed by atoms with E-state index >= 15 is 0 Å². The molecule has 1 fully saturated rings. The van der Waals surface area contributed by atoms with Crippen LogP contribution in [-0.2, 0) is 11.2 Å². The van der Waals surface area contributed by atoms with Crippen molar-refractivity contribution in [1.82, 2.24) is 20.0 Å². The summed E-state index contributed by atoms with van der Waals surface area (Å²) in [6, 6.07) is 2.15. The van der Waals surface area contributed by atoms with Crippen LogP contribution >= 0.6 is 0 Å². The van der Waals surface area contributed by atoms with E-state index in [-0.39, 0.29) is 5.91 Å². The van der Waals surface area contributed by atoms with Crippen LogP contribution in [0.2, 0.25) is 0 Å². The number of aromatic nitrogens is 2. The molecule has 0 radical (unpaired) electrons. The molecule has 1 aromatic rings. The lowest BCUT2D eigenvalue weighted by molar-refractivity contribution is -0.128. The van der Waals surface area contributed by atoms with Crippen LogP contribution in [-0.4, -0.2) is 59.1 Å². The molecule has 0 aromatic carbocycles. The fraction of sp³-hybridized carbons (Fsp3) is 0.706. The van der Waals surface area contributed by atoms with Gasteiger partial charge >= 0.3 is 0 Å². The normalized spacial score (nSPS) is 14.7. The summed E-state index contributed by atoms with van der Waals surface area (Å²) in [4.78, 5) is 17.1. The minimum atomic E-state index is 0.157. The number of unbranched alkanes of at least 4 members (excludes halogenated alkanes) is 1. The van der Waals surface area contributed by atoms with Crippen LogP contribution in [0.15, 0.2) is 23.3 Å². The Morgan fingerprint density at radius 1 is 1.00 bits per heavy atom. The Morgan fingerprint density at radius 3 is 2.08 bits per heavy atom. The van der Waals surface area contributed by atoms with Gasteiger partial charge in [-0.2, -0.15) is 5.10 Å². The Morgan fingerprint density at radius 2 is 1.59 bits per heavy atom. The SMILES string of the molecule is C/C(=C\C(CC(C)C)=C(/C)c1cc(CC(C)C)[nH]n1)C(=O)N1CCN(C)CC1.CC(C)C.CCC#CCCC. The summed E-state index contributed by atoms with van der Waals surface area (Å²) in [7, 11) is 2.11. The highest BCUT2D eigenvalue weighted by atomic mass is 16.2. The molecule has 1 saturated heterocycles. The van der Waals surface area contributed by atoms with Gasteiger partial charge in [0.1, 0.15) is 0 Å². The molecule has 39 heavy (non-hydrogen) atoms. The summed E-state index contributed by atoms with van der Waals surface area (Å²) in [5.74, 6) is 8.13. The molecule has 0 unspecified atom stereocenters. The van der Waals surface area contributed by atoms with Crippen molar-refractivity contribution in [2.45, 2.75) is 108 Å². The number of carbonyl (C=O) groups is 1. The first-order valence-electron chi connectivity index (χ1n) is 15.2. The Labute approximate surface area is 241 Å². The maximum Gasteiger partial charge on any atom is 0.249 e. The van der Waals surface area contributed by atoms with Crippen molar-refractivity contribution in [3.8, 4) is 11.8 Å². The monoisotopic (exact) mass is 540 g/mol. The quantitative estimate of drug-likeness (QED) is 0.206. The highest BCUT2D eigenvalue weighted by Gasteiger charge is 2.20. The summed E-state index contributed by atoms with van der Waals surface area (Å²) >= 11 is 0. The zero-order chi connectivity index (χ0) is 30.0. The van der Waals surface area contributed by atoms with Gasteiger partial charge in [-0.25, -0.2) is 0 Å². The molecule has 1 aliphatic rings. The Balaban J connectivity index is 0.00000111. The molecule has 1 aliphatic heterocycles. The molecule has 0 atom stereocenters. The molecule has 0 spiro atoms. The number of H-pyrrole nitrogens is 1. The van der Waals surface area contributed by atoms with Crippen molar-refractivity contribution in [2.24, 2.45) is 17.8 Å². The van der Waals surface area contributed by atoms with Crippen molar-refractivity contribution < 1.29 is 4.79 Å². The number of amides is 1. The Kier molecular flexibility index (Phi) is 19.3. The van der Waals surface area contributed by atoms with E-state index in [4.69, 9.17) is 0 Å². The Bertz CT molecular complexity index is 929. The lowest BCUT2D eigenvalue weighted by Crippen LogP contribution is -2.47. The van der Waals surface area contributed by atoms with Crippen molar-refractivity contribution in [3.63, 3.8) is 0 Å². The number of nitrogens with one attached hydrogen (secondary N) is 1. The second-order valence-corrected chi connectivity index (χ2v) is 12.2. The van der Waals surface area contributed by atoms with Gasteiger partial charge in [0.05, 0.1) is 5.69 Å². The molecule has 0 aliphatic carbocycles. The number of piperazine rings is 1. The number of hydrogen-bond acceptors (Lipinski definition) is 3. The third-order valence-corrected chi connectivity index (χ3v) is 5.95. The van der Waals surface area contributed by atoms with Gasteiger partial charge in [0, 0.05) is 50.3 Å². The fourth-order valence-corrected chi connectivity index (χ4v) is 3.94. The topological polar surface area (TPSA) is 52.2 Å². The molecule has 5 nitrogen and oxygen atoms in total. The molecular formula is C34H60N4O. The van der Waals surface area contributed by atoms with E-state index in [2.05, 4.69) is 115 Å². The standard InChI is InChI=1S/C23H38N4O.C7H12.C4H10/c1-16(2)12-20(19(6)22-15-21(24-25-22)13-17(3)4)14-18(5)23(28)27-10-8-26(7)9-11-27;1-3-5-7-6-4-2;1-4(2)3/h14-17H,8-13H2,1-7H3,(H,24,25);3-5H2,1-2H3;4H,1-3H3/b18-14+,20-19+;;. The molecule has 0 saturated carbocycles. The average Bonchev–Trinajstić information content (AvgIpc) is 3.31. The maximum absolute atomic E-state index is 12.9. The number of carbonyl (C=O) groups excluding carboxylic acids is 1. The average molecular weight is 541 g/mol. The molecule has 222 valence electrons. The number of allylic oxidation sites excluding steroid dienone is 3. The van der Waals surface area contributed by atoms with Crippen molar-refractivity contribution in [3.05, 3.63) is 34.7 Å². The molecule has 2 heterocycles. The summed E-state index contributed by atoms with van der Waals surface area (Å²) in [6.07, 6.45) is 7.27. The van der Waals surface area contributed by atoms with Crippen LogP contribution in [0.5, 0.6) is 0 Å². The van der Waals surface area contributed by atoms with Crippen molar-refractivity contribution in [1.29, 1.82) is 0 Å². The van der Waals surface area contributed by atoms with Gasteiger partial charge in [-0.3, -0.25) is 9.89 Å². The molecule has 5 heteroatoms. The smallest absolute Gasteiger partial charge is 0.249 e. The molecular weight excluding hydrogens is 480 g/mol. The zero-order valence-electron chi connectivity index (χ0n) is 27.5. The van der Waals surface area contributed by atoms with Crippen LogP contribution in [0.4, 0.5) is 0 Å². The van der Waals surface area contributed by atoms with Crippen LogP contribution in [0.1, 0.15) is 113 Å². The van der Waals surface area contributed by atoms with Crippen LogP contribution < -0.4 is 0 Å². The van der Waals surface area contributed by atoms with Crippen molar-refractivity contribution in [2.75, 3.05) is 33.2 Å². The van der Waals surface area contributed by atoms with Crippen LogP contribution in [0, 0.1) is 29.6 Å². The van der Waals surface area contributed by atoms with Gasteiger partial charge in [-0.15, -0.1) is 11.8 Å². The number of hydrogen-bond donors (Lipinski definition) is 1.